The maximum Gasteiger partial charge on any atom is 0.257 e. The van der Waals surface area contributed by atoms with Crippen LogP contribution in [0.4, 0.5) is 0 Å². The molecule has 0 aliphatic carbocycles. The second-order valence-corrected chi connectivity index (χ2v) is 5.38. The molecule has 0 saturated heterocycles. The van der Waals surface area contributed by atoms with E-state index in [1.54, 1.807) is 0 Å². The van der Waals surface area contributed by atoms with Crippen LogP contribution in [0.1, 0.15) is 38.3 Å². The third kappa shape index (κ3) is 5.61. The summed E-state index contributed by atoms with van der Waals surface area (Å²) in [6.07, 6.45) is 2.04. The average Bonchev–Trinajstić information content (AvgIpc) is 2.37. The second kappa shape index (κ2) is 8.17. The van der Waals surface area contributed by atoms with Gasteiger partial charge in [-0.3, -0.25) is 4.79 Å². The molecular formula is C14H21BrN2O2. The SMILES string of the molecule is CCCCNC(=O)COc1ccc(Br)cc1C(C)N. The largest absolute Gasteiger partial charge is 0.483 e. The molecule has 0 radical (unpaired) electrons. The number of benzene rings is 1. The summed E-state index contributed by atoms with van der Waals surface area (Å²) in [5.74, 6) is 0.552. The third-order valence-electron chi connectivity index (χ3n) is 2.67. The van der Waals surface area contributed by atoms with Gasteiger partial charge in [-0.25, -0.2) is 0 Å². The molecule has 1 rings (SSSR count). The molecule has 5 heteroatoms. The number of ether oxygens (including phenoxy) is 1. The molecule has 0 fully saturated rings. The van der Waals surface area contributed by atoms with Crippen LogP contribution in [0.2, 0.25) is 0 Å². The smallest absolute Gasteiger partial charge is 0.257 e. The number of unbranched alkanes of at least 4 members (excludes halogenated alkanes) is 1. The van der Waals surface area contributed by atoms with Gasteiger partial charge in [0.05, 0.1) is 0 Å². The Balaban J connectivity index is 2.55. The molecule has 1 aromatic rings. The molecule has 19 heavy (non-hydrogen) atoms. The van der Waals surface area contributed by atoms with Gasteiger partial charge in [0, 0.05) is 22.6 Å². The Bertz CT molecular complexity index is 422. The summed E-state index contributed by atoms with van der Waals surface area (Å²) in [5.41, 5.74) is 6.77. The number of amides is 1. The number of carbonyl (C=O) groups is 1. The summed E-state index contributed by atoms with van der Waals surface area (Å²) in [5, 5.41) is 2.81. The first-order chi connectivity index (χ1) is 9.04. The average molecular weight is 329 g/mol. The number of hydrogen-bond acceptors (Lipinski definition) is 3. The van der Waals surface area contributed by atoms with E-state index in [-0.39, 0.29) is 18.6 Å². The van der Waals surface area contributed by atoms with Gasteiger partial charge in [0.1, 0.15) is 5.75 Å². The van der Waals surface area contributed by atoms with E-state index in [2.05, 4.69) is 28.2 Å². The van der Waals surface area contributed by atoms with Crippen LogP contribution >= 0.6 is 15.9 Å². The normalized spacial score (nSPS) is 12.0. The van der Waals surface area contributed by atoms with E-state index >= 15 is 0 Å². The van der Waals surface area contributed by atoms with E-state index in [4.69, 9.17) is 10.5 Å². The Hall–Kier alpha value is -1.07. The van der Waals surface area contributed by atoms with Gasteiger partial charge in [-0.1, -0.05) is 29.3 Å². The minimum absolute atomic E-state index is 0.0189. The first kappa shape index (κ1) is 16.0. The van der Waals surface area contributed by atoms with Crippen LogP contribution in [0.15, 0.2) is 22.7 Å². The molecule has 1 amide bonds. The van der Waals surface area contributed by atoms with E-state index in [0.29, 0.717) is 12.3 Å². The van der Waals surface area contributed by atoms with Crippen molar-refractivity contribution in [2.45, 2.75) is 32.7 Å². The molecular weight excluding hydrogens is 308 g/mol. The maximum absolute atomic E-state index is 11.6. The lowest BCUT2D eigenvalue weighted by Gasteiger charge is -2.14. The Morgan fingerprint density at radius 2 is 2.26 bits per heavy atom. The molecule has 0 aliphatic heterocycles. The lowest BCUT2D eigenvalue weighted by Crippen LogP contribution is -2.29. The zero-order chi connectivity index (χ0) is 14.3. The van der Waals surface area contributed by atoms with Gasteiger partial charge < -0.3 is 15.8 Å². The topological polar surface area (TPSA) is 64.3 Å². The molecule has 106 valence electrons. The number of nitrogens with two attached hydrogens (primary N) is 1. The first-order valence-electron chi connectivity index (χ1n) is 6.49. The molecule has 4 nitrogen and oxygen atoms in total. The van der Waals surface area contributed by atoms with Crippen LogP contribution in [0.3, 0.4) is 0 Å². The summed E-state index contributed by atoms with van der Waals surface area (Å²) in [6.45, 7) is 4.68. The molecule has 1 aromatic carbocycles. The molecule has 0 aromatic heterocycles. The van der Waals surface area contributed by atoms with Crippen LogP contribution in [0, 0.1) is 0 Å². The highest BCUT2D eigenvalue weighted by atomic mass is 79.9. The molecule has 0 spiro atoms. The number of nitrogens with one attached hydrogen (secondary N) is 1. The van der Waals surface area contributed by atoms with E-state index in [0.717, 1.165) is 22.9 Å². The fourth-order valence-corrected chi connectivity index (χ4v) is 1.98. The number of rotatable bonds is 7. The Morgan fingerprint density at radius 1 is 1.53 bits per heavy atom. The molecule has 3 N–H and O–H groups in total. The molecule has 0 bridgehead atoms. The summed E-state index contributed by atoms with van der Waals surface area (Å²) in [6, 6.07) is 5.46. The lowest BCUT2D eigenvalue weighted by molar-refractivity contribution is -0.123. The summed E-state index contributed by atoms with van der Waals surface area (Å²) < 4.78 is 6.48. The molecule has 0 saturated carbocycles. The van der Waals surface area contributed by atoms with Crippen molar-refractivity contribution in [3.05, 3.63) is 28.2 Å². The van der Waals surface area contributed by atoms with Crippen molar-refractivity contribution in [2.24, 2.45) is 5.73 Å². The van der Waals surface area contributed by atoms with Crippen molar-refractivity contribution < 1.29 is 9.53 Å². The molecule has 1 unspecified atom stereocenters. The number of hydrogen-bond donors (Lipinski definition) is 2. The van der Waals surface area contributed by atoms with Gasteiger partial charge in [-0.05, 0) is 31.5 Å². The Kier molecular flexibility index (Phi) is 6.87. The van der Waals surface area contributed by atoms with Crippen molar-refractivity contribution in [1.29, 1.82) is 0 Å². The fraction of sp³-hybridized carbons (Fsp3) is 0.500. The van der Waals surface area contributed by atoms with E-state index < -0.39 is 0 Å². The minimum Gasteiger partial charge on any atom is -0.483 e. The monoisotopic (exact) mass is 328 g/mol. The Labute approximate surface area is 122 Å². The van der Waals surface area contributed by atoms with Crippen molar-refractivity contribution in [3.63, 3.8) is 0 Å². The van der Waals surface area contributed by atoms with Crippen LogP contribution < -0.4 is 15.8 Å². The molecule has 0 aliphatic rings. The van der Waals surface area contributed by atoms with Gasteiger partial charge in [0.2, 0.25) is 0 Å². The number of halogens is 1. The zero-order valence-electron chi connectivity index (χ0n) is 11.4. The van der Waals surface area contributed by atoms with Gasteiger partial charge in [-0.15, -0.1) is 0 Å². The van der Waals surface area contributed by atoms with Crippen molar-refractivity contribution in [1.82, 2.24) is 5.32 Å². The van der Waals surface area contributed by atoms with Crippen LogP contribution in [0.5, 0.6) is 5.75 Å². The summed E-state index contributed by atoms with van der Waals surface area (Å²) >= 11 is 3.40. The van der Waals surface area contributed by atoms with Crippen molar-refractivity contribution in [3.8, 4) is 5.75 Å². The highest BCUT2D eigenvalue weighted by molar-refractivity contribution is 9.10. The fourth-order valence-electron chi connectivity index (χ4n) is 1.61. The van der Waals surface area contributed by atoms with E-state index in [9.17, 15) is 4.79 Å². The predicted octanol–water partition coefficient (Wildman–Crippen LogP) is 2.76. The highest BCUT2D eigenvalue weighted by Crippen LogP contribution is 2.27. The maximum atomic E-state index is 11.6. The summed E-state index contributed by atoms with van der Waals surface area (Å²) in [7, 11) is 0. The standard InChI is InChI=1S/C14H21BrN2O2/c1-3-4-7-17-14(18)9-19-13-6-5-11(15)8-12(13)10(2)16/h5-6,8,10H,3-4,7,9,16H2,1-2H3,(H,17,18). The zero-order valence-corrected chi connectivity index (χ0v) is 13.0. The van der Waals surface area contributed by atoms with Crippen molar-refractivity contribution >= 4 is 21.8 Å². The first-order valence-corrected chi connectivity index (χ1v) is 7.28. The lowest BCUT2D eigenvalue weighted by atomic mass is 10.1. The van der Waals surface area contributed by atoms with Crippen LogP contribution in [-0.4, -0.2) is 19.1 Å². The van der Waals surface area contributed by atoms with Crippen LogP contribution in [-0.2, 0) is 4.79 Å². The minimum atomic E-state index is -0.143. The van der Waals surface area contributed by atoms with E-state index in [1.165, 1.54) is 0 Å². The van der Waals surface area contributed by atoms with Gasteiger partial charge >= 0.3 is 0 Å². The summed E-state index contributed by atoms with van der Waals surface area (Å²) in [4.78, 5) is 11.6. The van der Waals surface area contributed by atoms with Crippen LogP contribution in [0.25, 0.3) is 0 Å². The Morgan fingerprint density at radius 3 is 2.89 bits per heavy atom. The third-order valence-corrected chi connectivity index (χ3v) is 3.17. The quantitative estimate of drug-likeness (QED) is 0.756. The highest BCUT2D eigenvalue weighted by Gasteiger charge is 2.10. The van der Waals surface area contributed by atoms with Gasteiger partial charge in [0.25, 0.3) is 5.91 Å². The predicted molar refractivity (Wildman–Crippen MR) is 80.2 cm³/mol. The number of carbonyl (C=O) groups excluding carboxylic acids is 1. The molecule has 1 atom stereocenters. The van der Waals surface area contributed by atoms with Crippen molar-refractivity contribution in [2.75, 3.05) is 13.2 Å². The second-order valence-electron chi connectivity index (χ2n) is 4.46. The van der Waals surface area contributed by atoms with Gasteiger partial charge in [0.15, 0.2) is 6.61 Å². The molecule has 0 heterocycles. The van der Waals surface area contributed by atoms with Gasteiger partial charge in [-0.2, -0.15) is 0 Å². The van der Waals surface area contributed by atoms with E-state index in [1.807, 2.05) is 25.1 Å².